The van der Waals surface area contributed by atoms with Crippen LogP contribution < -0.4 is 5.32 Å². The lowest BCUT2D eigenvalue weighted by molar-refractivity contribution is 0.570. The van der Waals surface area contributed by atoms with Gasteiger partial charge < -0.3 is 5.32 Å². The summed E-state index contributed by atoms with van der Waals surface area (Å²) in [6.07, 6.45) is 7.09. The summed E-state index contributed by atoms with van der Waals surface area (Å²) in [6.45, 7) is 3.19. The second-order valence-electron chi connectivity index (χ2n) is 3.00. The summed E-state index contributed by atoms with van der Waals surface area (Å²) in [7, 11) is 0. The zero-order chi connectivity index (χ0) is 9.52. The normalized spacial score (nSPS) is 12.3. The molecule has 0 aliphatic carbocycles. The molecule has 1 nitrogen and oxygen atoms in total. The fraction of sp³-hybridized carbons (Fsp3) is 0.455. The van der Waals surface area contributed by atoms with Crippen LogP contribution in [0.4, 0.5) is 0 Å². The molecule has 0 aliphatic rings. The van der Waals surface area contributed by atoms with Gasteiger partial charge in [0.05, 0.1) is 0 Å². The molecule has 1 rings (SSSR count). The SMILES string of the molecule is C#CCCCN[C@@H](C)c1cccs1. The van der Waals surface area contributed by atoms with Crippen LogP contribution in [0.25, 0.3) is 0 Å². The van der Waals surface area contributed by atoms with E-state index in [9.17, 15) is 0 Å². The van der Waals surface area contributed by atoms with E-state index >= 15 is 0 Å². The summed E-state index contributed by atoms with van der Waals surface area (Å²) in [5, 5.41) is 5.54. The fourth-order valence-corrected chi connectivity index (χ4v) is 1.91. The maximum absolute atomic E-state index is 5.16. The fourth-order valence-electron chi connectivity index (χ4n) is 1.15. The predicted molar refractivity (Wildman–Crippen MR) is 58.8 cm³/mol. The highest BCUT2D eigenvalue weighted by molar-refractivity contribution is 7.10. The van der Waals surface area contributed by atoms with Gasteiger partial charge in [0, 0.05) is 17.3 Å². The molecule has 1 N–H and O–H groups in total. The van der Waals surface area contributed by atoms with Crippen LogP contribution in [0.5, 0.6) is 0 Å². The molecular formula is C11H15NS. The smallest absolute Gasteiger partial charge is 0.0386 e. The van der Waals surface area contributed by atoms with E-state index in [2.05, 4.69) is 35.7 Å². The number of hydrogen-bond acceptors (Lipinski definition) is 2. The molecule has 0 aliphatic heterocycles. The first-order chi connectivity index (χ1) is 6.34. The molecule has 0 saturated carbocycles. The summed E-state index contributed by atoms with van der Waals surface area (Å²) < 4.78 is 0. The van der Waals surface area contributed by atoms with E-state index in [1.54, 1.807) is 11.3 Å². The second kappa shape index (κ2) is 5.80. The van der Waals surface area contributed by atoms with Crippen LogP contribution >= 0.6 is 11.3 Å². The number of terminal acetylenes is 1. The molecule has 1 heterocycles. The minimum absolute atomic E-state index is 0.456. The number of rotatable bonds is 5. The van der Waals surface area contributed by atoms with E-state index < -0.39 is 0 Å². The Balaban J connectivity index is 2.19. The Morgan fingerprint density at radius 3 is 3.15 bits per heavy atom. The van der Waals surface area contributed by atoms with Gasteiger partial charge in [-0.1, -0.05) is 6.07 Å². The Labute approximate surface area is 84.2 Å². The van der Waals surface area contributed by atoms with E-state index in [-0.39, 0.29) is 0 Å². The van der Waals surface area contributed by atoms with Crippen LogP contribution in [0.15, 0.2) is 17.5 Å². The highest BCUT2D eigenvalue weighted by atomic mass is 32.1. The van der Waals surface area contributed by atoms with Crippen molar-refractivity contribution in [2.24, 2.45) is 0 Å². The highest BCUT2D eigenvalue weighted by Gasteiger charge is 2.03. The van der Waals surface area contributed by atoms with Gasteiger partial charge in [0.15, 0.2) is 0 Å². The minimum atomic E-state index is 0.456. The largest absolute Gasteiger partial charge is 0.309 e. The van der Waals surface area contributed by atoms with Crippen LogP contribution in [-0.2, 0) is 0 Å². The van der Waals surface area contributed by atoms with Crippen LogP contribution in [0.1, 0.15) is 30.7 Å². The predicted octanol–water partition coefficient (Wildman–Crippen LogP) is 2.81. The summed E-state index contributed by atoms with van der Waals surface area (Å²) in [5.74, 6) is 2.64. The van der Waals surface area contributed by atoms with Crippen molar-refractivity contribution in [1.82, 2.24) is 5.32 Å². The van der Waals surface area contributed by atoms with E-state index in [0.717, 1.165) is 19.4 Å². The van der Waals surface area contributed by atoms with Gasteiger partial charge >= 0.3 is 0 Å². The summed E-state index contributed by atoms with van der Waals surface area (Å²) in [5.41, 5.74) is 0. The zero-order valence-corrected chi connectivity index (χ0v) is 8.73. The van der Waals surface area contributed by atoms with Crippen molar-refractivity contribution in [3.8, 4) is 12.3 Å². The van der Waals surface area contributed by atoms with Crippen molar-refractivity contribution in [2.45, 2.75) is 25.8 Å². The second-order valence-corrected chi connectivity index (χ2v) is 3.98. The number of unbranched alkanes of at least 4 members (excludes halogenated alkanes) is 1. The molecule has 0 fully saturated rings. The molecule has 0 saturated heterocycles. The van der Waals surface area contributed by atoms with Gasteiger partial charge in [0.1, 0.15) is 0 Å². The maximum Gasteiger partial charge on any atom is 0.0386 e. The van der Waals surface area contributed by atoms with Gasteiger partial charge in [-0.05, 0) is 31.3 Å². The lowest BCUT2D eigenvalue weighted by Crippen LogP contribution is -2.18. The van der Waals surface area contributed by atoms with Gasteiger partial charge in [0.25, 0.3) is 0 Å². The standard InChI is InChI=1S/C11H15NS/c1-3-4-5-8-12-10(2)11-7-6-9-13-11/h1,6-7,9-10,12H,4-5,8H2,2H3/t10-/m0/s1. The molecule has 0 bridgehead atoms. The summed E-state index contributed by atoms with van der Waals surface area (Å²) >= 11 is 1.79. The van der Waals surface area contributed by atoms with Gasteiger partial charge in [0.2, 0.25) is 0 Å². The van der Waals surface area contributed by atoms with Crippen molar-refractivity contribution >= 4 is 11.3 Å². The molecular weight excluding hydrogens is 178 g/mol. The average Bonchev–Trinajstić information content (AvgIpc) is 2.65. The first kappa shape index (κ1) is 10.3. The molecule has 13 heavy (non-hydrogen) atoms. The maximum atomic E-state index is 5.16. The molecule has 0 unspecified atom stereocenters. The molecule has 1 atom stereocenters. The van der Waals surface area contributed by atoms with Gasteiger partial charge in [-0.15, -0.1) is 23.7 Å². The quantitative estimate of drug-likeness (QED) is 0.560. The van der Waals surface area contributed by atoms with E-state index in [1.807, 2.05) is 0 Å². The molecule has 1 aromatic heterocycles. The third-order valence-electron chi connectivity index (χ3n) is 1.92. The Kier molecular flexibility index (Phi) is 4.59. The summed E-state index contributed by atoms with van der Waals surface area (Å²) in [4.78, 5) is 1.39. The van der Waals surface area contributed by atoms with Crippen molar-refractivity contribution in [1.29, 1.82) is 0 Å². The lowest BCUT2D eigenvalue weighted by Gasteiger charge is -2.10. The van der Waals surface area contributed by atoms with Gasteiger partial charge in [-0.25, -0.2) is 0 Å². The van der Waals surface area contributed by atoms with Gasteiger partial charge in [-0.2, -0.15) is 0 Å². The van der Waals surface area contributed by atoms with Gasteiger partial charge in [-0.3, -0.25) is 0 Å². The number of hydrogen-bond donors (Lipinski definition) is 1. The van der Waals surface area contributed by atoms with Crippen LogP contribution in [0.3, 0.4) is 0 Å². The molecule has 70 valence electrons. The van der Waals surface area contributed by atoms with Crippen molar-refractivity contribution in [3.63, 3.8) is 0 Å². The molecule has 0 spiro atoms. The Bertz CT molecular complexity index is 258. The summed E-state index contributed by atoms with van der Waals surface area (Å²) in [6, 6.07) is 4.70. The van der Waals surface area contributed by atoms with Crippen LogP contribution in [-0.4, -0.2) is 6.54 Å². The third-order valence-corrected chi connectivity index (χ3v) is 2.97. The lowest BCUT2D eigenvalue weighted by atomic mass is 10.2. The number of nitrogens with one attached hydrogen (secondary N) is 1. The minimum Gasteiger partial charge on any atom is -0.309 e. The topological polar surface area (TPSA) is 12.0 Å². The molecule has 0 radical (unpaired) electrons. The van der Waals surface area contributed by atoms with Crippen LogP contribution in [0.2, 0.25) is 0 Å². The van der Waals surface area contributed by atoms with Crippen molar-refractivity contribution in [2.75, 3.05) is 6.54 Å². The molecule has 0 aromatic carbocycles. The molecule has 0 amide bonds. The van der Waals surface area contributed by atoms with Crippen LogP contribution in [0, 0.1) is 12.3 Å². The third kappa shape index (κ3) is 3.63. The van der Waals surface area contributed by atoms with E-state index in [1.165, 1.54) is 4.88 Å². The highest BCUT2D eigenvalue weighted by Crippen LogP contribution is 2.17. The monoisotopic (exact) mass is 193 g/mol. The Morgan fingerprint density at radius 1 is 1.69 bits per heavy atom. The van der Waals surface area contributed by atoms with Crippen molar-refractivity contribution in [3.05, 3.63) is 22.4 Å². The van der Waals surface area contributed by atoms with E-state index in [0.29, 0.717) is 6.04 Å². The first-order valence-corrected chi connectivity index (χ1v) is 5.43. The zero-order valence-electron chi connectivity index (χ0n) is 7.92. The number of thiophene rings is 1. The van der Waals surface area contributed by atoms with Crippen molar-refractivity contribution < 1.29 is 0 Å². The average molecular weight is 193 g/mol. The molecule has 1 aromatic rings. The first-order valence-electron chi connectivity index (χ1n) is 4.55. The Hall–Kier alpha value is -0.780. The van der Waals surface area contributed by atoms with E-state index in [4.69, 9.17) is 6.42 Å². The Morgan fingerprint density at radius 2 is 2.54 bits per heavy atom. The molecule has 2 heteroatoms.